The Bertz CT molecular complexity index is 1760. The maximum Gasteiger partial charge on any atom is 0.338 e. The van der Waals surface area contributed by atoms with Crippen LogP contribution in [0.2, 0.25) is 0 Å². The Morgan fingerprint density at radius 1 is 0.839 bits per heavy atom. The normalized spacial score (nSPS) is 41.6. The fraction of sp³-hybridized carbons (Fsp3) is 0.755. The van der Waals surface area contributed by atoms with Gasteiger partial charge in [0.05, 0.1) is 42.0 Å². The second-order valence-corrected chi connectivity index (χ2v) is 19.3. The molecule has 1 heterocycles. The van der Waals surface area contributed by atoms with Crippen LogP contribution in [-0.2, 0) is 33.2 Å². The first-order valence-corrected chi connectivity index (χ1v) is 23.2. The molecule has 4 N–H and O–H groups in total. The first kappa shape index (κ1) is 47.2. The van der Waals surface area contributed by atoms with E-state index in [1.807, 2.05) is 7.05 Å². The number of hydrogen-bond acceptors (Lipinski definition) is 13. The van der Waals surface area contributed by atoms with Gasteiger partial charge in [-0.05, 0) is 57.7 Å². The highest BCUT2D eigenvalue weighted by atomic mass is 16.6. The monoisotopic (exact) mass is 868 g/mol. The van der Waals surface area contributed by atoms with E-state index in [-0.39, 0.29) is 25.0 Å². The minimum absolute atomic E-state index is 0.0486. The van der Waals surface area contributed by atoms with Gasteiger partial charge in [-0.25, -0.2) is 4.79 Å². The number of likely N-dealkylation sites (tertiary alicyclic amines) is 1. The van der Waals surface area contributed by atoms with E-state index in [4.69, 9.17) is 28.4 Å². The summed E-state index contributed by atoms with van der Waals surface area (Å²) >= 11 is 0. The summed E-state index contributed by atoms with van der Waals surface area (Å²) in [4.78, 5) is 30.7. The first-order chi connectivity index (χ1) is 29.8. The SMILES string of the molecule is CCCCC/C=C\C/C=C\CCCCCCCC(=O)O[C@@]12[C@H]3[C@H](OC)[C@@H]4[C@]5(COC)CN(C)[C@H]3[C@]4([C@@H](OC)CC5O)[C@]3(O)C[C@](O)([C@H](OC(=O)c4ccccc4)[C@H]13)[C@@H](OC)[C@@H]2O. The van der Waals surface area contributed by atoms with Crippen LogP contribution in [0.3, 0.4) is 0 Å². The topological polar surface area (TPSA) is 174 Å². The van der Waals surface area contributed by atoms with Crippen LogP contribution in [0.15, 0.2) is 54.6 Å². The van der Waals surface area contributed by atoms with Crippen LogP contribution in [0, 0.1) is 28.6 Å². The highest BCUT2D eigenvalue weighted by Gasteiger charge is 2.96. The Labute approximate surface area is 368 Å². The highest BCUT2D eigenvalue weighted by molar-refractivity contribution is 5.89. The molecule has 5 aliphatic carbocycles. The molecule has 346 valence electrons. The van der Waals surface area contributed by atoms with Crippen LogP contribution in [0.4, 0.5) is 0 Å². The van der Waals surface area contributed by atoms with E-state index < -0.39 is 106 Å². The van der Waals surface area contributed by atoms with Gasteiger partial charge >= 0.3 is 11.9 Å². The number of aliphatic hydroxyl groups is 4. The smallest absolute Gasteiger partial charge is 0.338 e. The molecule has 1 aromatic rings. The van der Waals surface area contributed by atoms with Crippen molar-refractivity contribution in [3.05, 3.63) is 60.2 Å². The lowest BCUT2D eigenvalue weighted by molar-refractivity contribution is -0.353. The molecule has 7 rings (SSSR count). The van der Waals surface area contributed by atoms with Crippen LogP contribution >= 0.6 is 0 Å². The van der Waals surface area contributed by atoms with Crippen molar-refractivity contribution in [3.8, 4) is 0 Å². The number of fused-ring (bicyclic) bond motifs is 2. The van der Waals surface area contributed by atoms with E-state index in [2.05, 4.69) is 36.1 Å². The highest BCUT2D eigenvalue weighted by Crippen LogP contribution is 2.81. The molecule has 0 radical (unpaired) electrons. The summed E-state index contributed by atoms with van der Waals surface area (Å²) in [6, 6.07) is 7.72. The zero-order chi connectivity index (χ0) is 44.5. The van der Waals surface area contributed by atoms with E-state index in [0.717, 1.165) is 44.9 Å². The number of rotatable bonds is 22. The molecule has 13 heteroatoms. The molecular weight excluding hydrogens is 795 g/mol. The summed E-state index contributed by atoms with van der Waals surface area (Å²) in [5, 5.41) is 52.3. The molecule has 6 aliphatic rings. The van der Waals surface area contributed by atoms with Crippen molar-refractivity contribution in [2.24, 2.45) is 28.6 Å². The van der Waals surface area contributed by atoms with Crippen LogP contribution in [-0.4, -0.2) is 145 Å². The summed E-state index contributed by atoms with van der Waals surface area (Å²) < 4.78 is 38.0. The molecule has 0 amide bonds. The molecule has 13 nitrogen and oxygen atoms in total. The van der Waals surface area contributed by atoms with Crippen molar-refractivity contribution in [3.63, 3.8) is 0 Å². The molecule has 1 aromatic carbocycles. The number of ether oxygens (including phenoxy) is 6. The van der Waals surface area contributed by atoms with Gasteiger partial charge in [-0.15, -0.1) is 0 Å². The summed E-state index contributed by atoms with van der Waals surface area (Å²) in [5.41, 5.74) is -8.26. The van der Waals surface area contributed by atoms with E-state index in [1.165, 1.54) is 26.4 Å². The van der Waals surface area contributed by atoms with Gasteiger partial charge in [-0.1, -0.05) is 81.5 Å². The number of methoxy groups -OCH3 is 4. The van der Waals surface area contributed by atoms with Crippen molar-refractivity contribution < 1.29 is 58.4 Å². The maximum atomic E-state index is 14.5. The second-order valence-electron chi connectivity index (χ2n) is 19.3. The lowest BCUT2D eigenvalue weighted by atomic mass is 9.40. The number of esters is 2. The van der Waals surface area contributed by atoms with Gasteiger partial charge < -0.3 is 53.7 Å². The Hall–Kier alpha value is -2.72. The average molecular weight is 868 g/mol. The minimum atomic E-state index is -2.14. The fourth-order valence-electron chi connectivity index (χ4n) is 14.3. The summed E-state index contributed by atoms with van der Waals surface area (Å²) in [6.45, 7) is 2.68. The van der Waals surface area contributed by atoms with Crippen LogP contribution in [0.1, 0.15) is 107 Å². The van der Waals surface area contributed by atoms with Crippen molar-refractivity contribution in [2.45, 2.75) is 156 Å². The number of benzene rings is 1. The molecule has 1 spiro atoms. The molecule has 1 unspecified atom stereocenters. The van der Waals surface area contributed by atoms with Crippen molar-refractivity contribution in [2.75, 3.05) is 48.6 Å². The second kappa shape index (κ2) is 19.0. The van der Waals surface area contributed by atoms with Crippen LogP contribution in [0.25, 0.3) is 0 Å². The van der Waals surface area contributed by atoms with E-state index in [0.29, 0.717) is 13.0 Å². The largest absolute Gasteiger partial charge is 0.455 e. The molecule has 7 bridgehead atoms. The van der Waals surface area contributed by atoms with Crippen molar-refractivity contribution >= 4 is 11.9 Å². The number of aliphatic hydroxyl groups excluding tert-OH is 2. The minimum Gasteiger partial charge on any atom is -0.455 e. The van der Waals surface area contributed by atoms with Gasteiger partial charge in [0.2, 0.25) is 0 Å². The van der Waals surface area contributed by atoms with Crippen molar-refractivity contribution in [1.82, 2.24) is 4.90 Å². The third-order valence-electron chi connectivity index (χ3n) is 16.2. The predicted molar refractivity (Wildman–Crippen MR) is 231 cm³/mol. The number of carbonyl (C=O) groups is 2. The Kier molecular flexibility index (Phi) is 14.5. The van der Waals surface area contributed by atoms with Gasteiger partial charge in [0.25, 0.3) is 0 Å². The third kappa shape index (κ3) is 7.15. The lowest BCUT2D eigenvalue weighted by Gasteiger charge is -2.72. The van der Waals surface area contributed by atoms with E-state index >= 15 is 0 Å². The molecule has 6 fully saturated rings. The predicted octanol–water partition coefficient (Wildman–Crippen LogP) is 5.17. The van der Waals surface area contributed by atoms with Gasteiger partial charge in [0.1, 0.15) is 23.9 Å². The maximum absolute atomic E-state index is 14.5. The molecule has 62 heavy (non-hydrogen) atoms. The molecular formula is C49H73NO12. The number of hydrogen-bond donors (Lipinski definition) is 4. The number of nitrogens with zero attached hydrogens (tertiary/aromatic N) is 1. The molecule has 15 atom stereocenters. The summed E-state index contributed by atoms with van der Waals surface area (Å²) in [5.74, 6) is -4.22. The Morgan fingerprint density at radius 2 is 1.52 bits per heavy atom. The number of allylic oxidation sites excluding steroid dienone is 4. The zero-order valence-electron chi connectivity index (χ0n) is 37.8. The third-order valence-corrected chi connectivity index (χ3v) is 16.2. The fourth-order valence-corrected chi connectivity index (χ4v) is 14.3. The number of unbranched alkanes of at least 4 members (excludes halogenated alkanes) is 8. The quantitative estimate of drug-likeness (QED) is 0.0684. The first-order valence-electron chi connectivity index (χ1n) is 23.2. The molecule has 0 aromatic heterocycles. The lowest BCUT2D eigenvalue weighted by Crippen LogP contribution is -2.85. The molecule has 1 aliphatic heterocycles. The van der Waals surface area contributed by atoms with E-state index in [1.54, 1.807) is 51.7 Å². The van der Waals surface area contributed by atoms with Gasteiger partial charge in [-0.2, -0.15) is 0 Å². The van der Waals surface area contributed by atoms with E-state index in [9.17, 15) is 30.0 Å². The van der Waals surface area contributed by atoms with Gasteiger partial charge in [0, 0.05) is 83.0 Å². The van der Waals surface area contributed by atoms with Crippen molar-refractivity contribution in [1.29, 1.82) is 0 Å². The molecule has 1 saturated heterocycles. The van der Waals surface area contributed by atoms with Gasteiger partial charge in [-0.3, -0.25) is 4.79 Å². The van der Waals surface area contributed by atoms with Gasteiger partial charge in [0.15, 0.2) is 5.60 Å². The summed E-state index contributed by atoms with van der Waals surface area (Å²) in [6.07, 6.45) is 12.8. The molecule has 5 saturated carbocycles. The number of carbonyl (C=O) groups excluding carboxylic acids is 2. The van der Waals surface area contributed by atoms with Crippen LogP contribution < -0.4 is 0 Å². The Morgan fingerprint density at radius 3 is 2.16 bits per heavy atom. The van der Waals surface area contributed by atoms with Crippen LogP contribution in [0.5, 0.6) is 0 Å². The zero-order valence-corrected chi connectivity index (χ0v) is 37.8. The number of piperidine rings is 1. The standard InChI is InChI=1S/C49H73NO12/c1-7-8-9-10-11-12-13-14-15-16-17-18-19-20-24-27-35(52)62-49-36-37(59-5)38-45(31-57-3)30-50(2)40(36)48(38,34(58-4)28-33(45)51)47(56)29-46(55,43(60-6)41(49)53)42(39(47)49)61-44(54)32-25-22-21-23-26-32/h11-12,14-15,21-23,25-26,33-34,36-43,51,53,55-56H,7-10,13,16-20,24,27-31H2,1-6H3/b12-11-,15-14-/t33?,34-,36-,37-,38+,39-,40+,41-,42+,43-,45-,46-,47-,48+,49-/m0/s1. The summed E-state index contributed by atoms with van der Waals surface area (Å²) in [7, 11) is 7.94. The Balaban J connectivity index is 1.21. The average Bonchev–Trinajstić information content (AvgIpc) is 3.63.